The van der Waals surface area contributed by atoms with Crippen LogP contribution < -0.4 is 5.32 Å². The fourth-order valence-corrected chi connectivity index (χ4v) is 3.75. The third kappa shape index (κ3) is 2.83. The molecular weight excluding hydrogens is 363 g/mol. The number of para-hydroxylation sites is 1. The first-order chi connectivity index (χ1) is 14.2. The molecule has 0 radical (unpaired) electrons. The predicted molar refractivity (Wildman–Crippen MR) is 116 cm³/mol. The number of hydrogen-bond donors (Lipinski definition) is 1. The van der Waals surface area contributed by atoms with Gasteiger partial charge in [-0.3, -0.25) is 0 Å². The zero-order chi connectivity index (χ0) is 20.0. The van der Waals surface area contributed by atoms with Gasteiger partial charge < -0.3 is 9.88 Å². The summed E-state index contributed by atoms with van der Waals surface area (Å²) < 4.78 is 17.9. The smallest absolute Gasteiger partial charge is 0.174 e. The number of fused-ring (bicyclic) bond motifs is 2. The van der Waals surface area contributed by atoms with Gasteiger partial charge in [-0.15, -0.1) is 0 Å². The van der Waals surface area contributed by atoms with E-state index in [1.165, 1.54) is 0 Å². The van der Waals surface area contributed by atoms with Crippen LogP contribution in [-0.4, -0.2) is 21.6 Å². The van der Waals surface area contributed by atoms with E-state index in [-0.39, 0.29) is 5.82 Å². The molecule has 0 unspecified atom stereocenters. The first-order valence-corrected chi connectivity index (χ1v) is 9.46. The fourth-order valence-electron chi connectivity index (χ4n) is 3.75. The normalized spacial score (nSPS) is 11.3. The number of aromatic nitrogens is 3. The Labute approximate surface area is 167 Å². The average Bonchev–Trinajstić information content (AvgIpc) is 3.16. The molecule has 1 N–H and O–H groups in total. The summed E-state index contributed by atoms with van der Waals surface area (Å²) >= 11 is 0. The first-order valence-electron chi connectivity index (χ1n) is 9.46. The van der Waals surface area contributed by atoms with Crippen molar-refractivity contribution in [2.45, 2.75) is 6.92 Å². The molecule has 29 heavy (non-hydrogen) atoms. The quantitative estimate of drug-likeness (QED) is 0.433. The molecule has 5 rings (SSSR count). The zero-order valence-electron chi connectivity index (χ0n) is 16.1. The first kappa shape index (κ1) is 17.4. The molecule has 4 nitrogen and oxygen atoms in total. The van der Waals surface area contributed by atoms with Crippen molar-refractivity contribution in [3.05, 3.63) is 84.4 Å². The van der Waals surface area contributed by atoms with Crippen molar-refractivity contribution in [3.8, 4) is 16.9 Å². The van der Waals surface area contributed by atoms with E-state index in [1.54, 1.807) is 6.20 Å². The molecule has 0 aliphatic carbocycles. The van der Waals surface area contributed by atoms with Crippen molar-refractivity contribution >= 4 is 27.6 Å². The van der Waals surface area contributed by atoms with Crippen LogP contribution in [0.25, 0.3) is 38.8 Å². The highest BCUT2D eigenvalue weighted by molar-refractivity contribution is 5.93. The molecular formula is C24H19FN4. The monoisotopic (exact) mass is 382 g/mol. The van der Waals surface area contributed by atoms with Gasteiger partial charge in [0.25, 0.3) is 0 Å². The molecule has 0 bridgehead atoms. The van der Waals surface area contributed by atoms with Crippen molar-refractivity contribution < 1.29 is 4.39 Å². The minimum absolute atomic E-state index is 0.338. The molecule has 0 aliphatic heterocycles. The van der Waals surface area contributed by atoms with E-state index in [0.717, 1.165) is 38.8 Å². The average molecular weight is 382 g/mol. The zero-order valence-corrected chi connectivity index (χ0v) is 16.1. The van der Waals surface area contributed by atoms with Crippen LogP contribution in [0, 0.1) is 12.7 Å². The number of halogens is 1. The molecule has 0 spiro atoms. The number of benzene rings is 2. The third-order valence-electron chi connectivity index (χ3n) is 5.17. The maximum atomic E-state index is 16.0. The Morgan fingerprint density at radius 2 is 1.86 bits per heavy atom. The highest BCUT2D eigenvalue weighted by atomic mass is 19.1. The van der Waals surface area contributed by atoms with Crippen LogP contribution in [0.15, 0.2) is 73.1 Å². The molecule has 5 aromatic rings. The van der Waals surface area contributed by atoms with Crippen molar-refractivity contribution in [3.63, 3.8) is 0 Å². The maximum Gasteiger partial charge on any atom is 0.174 e. The molecule has 3 aromatic heterocycles. The van der Waals surface area contributed by atoms with Gasteiger partial charge in [0, 0.05) is 41.8 Å². The summed E-state index contributed by atoms with van der Waals surface area (Å²) in [4.78, 5) is 9.02. The molecule has 0 saturated heterocycles. The molecule has 0 aliphatic rings. The number of pyridine rings is 2. The van der Waals surface area contributed by atoms with Crippen LogP contribution in [0.3, 0.4) is 0 Å². The summed E-state index contributed by atoms with van der Waals surface area (Å²) in [6.45, 7) is 2.00. The van der Waals surface area contributed by atoms with E-state index in [9.17, 15) is 0 Å². The minimum Gasteiger partial charge on any atom is -0.373 e. The Hall–Kier alpha value is -3.73. The summed E-state index contributed by atoms with van der Waals surface area (Å²) in [6.07, 6.45) is 3.68. The Bertz CT molecular complexity index is 1370. The topological polar surface area (TPSA) is 42.7 Å². The summed E-state index contributed by atoms with van der Waals surface area (Å²) in [6, 6.07) is 19.3. The van der Waals surface area contributed by atoms with E-state index < -0.39 is 0 Å². The lowest BCUT2D eigenvalue weighted by atomic mass is 10.0. The SMILES string of the molecule is CNc1cc2c(ccn2-c2c(F)c(-c3cccc(C)c3)nc3ccccc23)cn1. The number of nitrogens with one attached hydrogen (secondary N) is 1. The maximum absolute atomic E-state index is 16.0. The second-order valence-corrected chi connectivity index (χ2v) is 7.07. The second-order valence-electron chi connectivity index (χ2n) is 7.07. The van der Waals surface area contributed by atoms with Gasteiger partial charge in [0.15, 0.2) is 5.82 Å². The van der Waals surface area contributed by atoms with Gasteiger partial charge in [0.1, 0.15) is 11.5 Å². The summed E-state index contributed by atoms with van der Waals surface area (Å²) in [5.41, 5.74) is 4.32. The molecule has 142 valence electrons. The largest absolute Gasteiger partial charge is 0.373 e. The van der Waals surface area contributed by atoms with Gasteiger partial charge in [-0.1, -0.05) is 42.0 Å². The summed E-state index contributed by atoms with van der Waals surface area (Å²) in [5.74, 6) is 0.393. The van der Waals surface area contributed by atoms with E-state index >= 15 is 4.39 Å². The number of aryl methyl sites for hydroxylation is 1. The standard InChI is InChI=1S/C24H19FN4/c1-15-6-5-7-16(12-15)23-22(25)24(18-8-3-4-9-19(18)28-23)29-11-10-17-14-27-21(26-2)13-20(17)29/h3-14H,1-2H3,(H,26,27). The Balaban J connectivity index is 1.87. The highest BCUT2D eigenvalue weighted by Gasteiger charge is 2.19. The Kier molecular flexibility index (Phi) is 4.02. The van der Waals surface area contributed by atoms with Crippen LogP contribution in [0.4, 0.5) is 10.2 Å². The molecule has 5 heteroatoms. The lowest BCUT2D eigenvalue weighted by Crippen LogP contribution is -2.03. The van der Waals surface area contributed by atoms with E-state index in [1.807, 2.05) is 85.4 Å². The fraction of sp³-hybridized carbons (Fsp3) is 0.0833. The molecule has 3 heterocycles. The van der Waals surface area contributed by atoms with Crippen LogP contribution in [-0.2, 0) is 0 Å². The van der Waals surface area contributed by atoms with Gasteiger partial charge in [0.2, 0.25) is 0 Å². The highest BCUT2D eigenvalue weighted by Crippen LogP contribution is 2.34. The number of nitrogens with zero attached hydrogens (tertiary/aromatic N) is 3. The lowest BCUT2D eigenvalue weighted by Gasteiger charge is -2.15. The molecule has 0 atom stereocenters. The summed E-state index contributed by atoms with van der Waals surface area (Å²) in [7, 11) is 1.82. The van der Waals surface area contributed by atoms with Crippen LogP contribution >= 0.6 is 0 Å². The van der Waals surface area contributed by atoms with Crippen LogP contribution in [0.1, 0.15) is 5.56 Å². The predicted octanol–water partition coefficient (Wildman–Crippen LogP) is 5.73. The van der Waals surface area contributed by atoms with Gasteiger partial charge in [-0.25, -0.2) is 14.4 Å². The molecule has 2 aromatic carbocycles. The van der Waals surface area contributed by atoms with E-state index in [4.69, 9.17) is 0 Å². The van der Waals surface area contributed by atoms with E-state index in [2.05, 4.69) is 15.3 Å². The van der Waals surface area contributed by atoms with Gasteiger partial charge in [-0.2, -0.15) is 0 Å². The number of anilines is 1. The van der Waals surface area contributed by atoms with Crippen LogP contribution in [0.5, 0.6) is 0 Å². The Morgan fingerprint density at radius 3 is 2.69 bits per heavy atom. The van der Waals surface area contributed by atoms with Gasteiger partial charge in [-0.05, 0) is 25.1 Å². The van der Waals surface area contributed by atoms with Crippen LogP contribution in [0.2, 0.25) is 0 Å². The van der Waals surface area contributed by atoms with Gasteiger partial charge >= 0.3 is 0 Å². The molecule has 0 fully saturated rings. The lowest BCUT2D eigenvalue weighted by molar-refractivity contribution is 0.621. The van der Waals surface area contributed by atoms with Crippen molar-refractivity contribution in [1.82, 2.24) is 14.5 Å². The van der Waals surface area contributed by atoms with E-state index in [0.29, 0.717) is 11.4 Å². The molecule has 0 amide bonds. The Morgan fingerprint density at radius 1 is 1.00 bits per heavy atom. The van der Waals surface area contributed by atoms with Crippen molar-refractivity contribution in [2.75, 3.05) is 12.4 Å². The minimum atomic E-state index is -0.338. The van der Waals surface area contributed by atoms with Crippen molar-refractivity contribution in [2.24, 2.45) is 0 Å². The van der Waals surface area contributed by atoms with Gasteiger partial charge in [0.05, 0.1) is 16.7 Å². The second kappa shape index (κ2) is 6.71. The number of hydrogen-bond acceptors (Lipinski definition) is 3. The molecule has 0 saturated carbocycles. The summed E-state index contributed by atoms with van der Waals surface area (Å²) in [5, 5.41) is 4.76. The number of rotatable bonds is 3. The third-order valence-corrected chi connectivity index (χ3v) is 5.17. The van der Waals surface area contributed by atoms with Crippen molar-refractivity contribution in [1.29, 1.82) is 0 Å².